The highest BCUT2D eigenvalue weighted by Gasteiger charge is 2.14. The lowest BCUT2D eigenvalue weighted by atomic mass is 10.3. The Labute approximate surface area is 113 Å². The lowest BCUT2D eigenvalue weighted by Crippen LogP contribution is -2.26. The second kappa shape index (κ2) is 6.14. The van der Waals surface area contributed by atoms with Gasteiger partial charge in [-0.3, -0.25) is 14.6 Å². The fraction of sp³-hybridized carbons (Fsp3) is 0.167. The molecule has 19 heavy (non-hydrogen) atoms. The van der Waals surface area contributed by atoms with E-state index in [1.54, 1.807) is 24.3 Å². The molecule has 0 aliphatic rings. The van der Waals surface area contributed by atoms with E-state index < -0.39 is 11.5 Å². The Hall–Kier alpha value is -2.15. The van der Waals surface area contributed by atoms with Crippen LogP contribution >= 0.6 is 11.8 Å². The van der Waals surface area contributed by atoms with Crippen molar-refractivity contribution in [3.63, 3.8) is 0 Å². The van der Waals surface area contributed by atoms with Crippen LogP contribution in [0.25, 0.3) is 0 Å². The normalized spacial score (nSPS) is 10.2. The van der Waals surface area contributed by atoms with Crippen LogP contribution in [0.3, 0.4) is 0 Å². The number of anilines is 1. The minimum atomic E-state index is -0.576. The van der Waals surface area contributed by atoms with Gasteiger partial charge in [-0.1, -0.05) is 36.9 Å². The molecule has 1 heterocycles. The number of aromatic nitrogens is 3. The SMILES string of the molecule is CCSc1nnc(C(=O)Nc2ccccc2)c(=O)[nH]1. The molecule has 6 nitrogen and oxygen atoms in total. The van der Waals surface area contributed by atoms with Gasteiger partial charge in [0.05, 0.1) is 0 Å². The summed E-state index contributed by atoms with van der Waals surface area (Å²) in [6.45, 7) is 1.93. The van der Waals surface area contributed by atoms with Gasteiger partial charge in [-0.15, -0.1) is 10.2 Å². The second-order valence-corrected chi connectivity index (χ2v) is 4.81. The highest BCUT2D eigenvalue weighted by atomic mass is 32.2. The first-order valence-corrected chi connectivity index (χ1v) is 6.65. The van der Waals surface area contributed by atoms with Crippen LogP contribution in [0.5, 0.6) is 0 Å². The van der Waals surface area contributed by atoms with Crippen molar-refractivity contribution in [1.29, 1.82) is 0 Å². The van der Waals surface area contributed by atoms with E-state index >= 15 is 0 Å². The zero-order valence-corrected chi connectivity index (χ0v) is 11.0. The number of rotatable bonds is 4. The number of thioether (sulfide) groups is 1. The fourth-order valence-electron chi connectivity index (χ4n) is 1.38. The maximum absolute atomic E-state index is 11.9. The van der Waals surface area contributed by atoms with Gasteiger partial charge in [0.25, 0.3) is 11.5 Å². The van der Waals surface area contributed by atoms with Crippen LogP contribution in [-0.4, -0.2) is 26.8 Å². The van der Waals surface area contributed by atoms with Gasteiger partial charge in [0.1, 0.15) is 0 Å². The van der Waals surface area contributed by atoms with Crippen LogP contribution in [0.4, 0.5) is 5.69 Å². The molecule has 0 bridgehead atoms. The van der Waals surface area contributed by atoms with Crippen LogP contribution < -0.4 is 10.9 Å². The van der Waals surface area contributed by atoms with Gasteiger partial charge in [0.2, 0.25) is 5.69 Å². The molecule has 0 aliphatic heterocycles. The molecule has 0 saturated heterocycles. The number of carbonyl (C=O) groups excluding carboxylic acids is 1. The topological polar surface area (TPSA) is 87.7 Å². The van der Waals surface area contributed by atoms with Crippen LogP contribution in [0.1, 0.15) is 17.4 Å². The first kappa shape index (κ1) is 13.3. The average Bonchev–Trinajstić information content (AvgIpc) is 2.40. The predicted octanol–water partition coefficient (Wildman–Crippen LogP) is 1.53. The molecule has 7 heteroatoms. The predicted molar refractivity (Wildman–Crippen MR) is 73.4 cm³/mol. The Morgan fingerprint density at radius 2 is 2.05 bits per heavy atom. The van der Waals surface area contributed by atoms with Crippen molar-refractivity contribution >= 4 is 23.4 Å². The summed E-state index contributed by atoms with van der Waals surface area (Å²) in [5.41, 5.74) is -0.190. The maximum atomic E-state index is 11.9. The molecule has 0 radical (unpaired) electrons. The second-order valence-electron chi connectivity index (χ2n) is 3.56. The van der Waals surface area contributed by atoms with Gasteiger partial charge in [0.15, 0.2) is 5.16 Å². The summed E-state index contributed by atoms with van der Waals surface area (Å²) in [5, 5.41) is 10.4. The zero-order chi connectivity index (χ0) is 13.7. The first-order chi connectivity index (χ1) is 9.20. The van der Waals surface area contributed by atoms with Crippen molar-refractivity contribution in [3.05, 3.63) is 46.4 Å². The number of nitrogens with zero attached hydrogens (tertiary/aromatic N) is 2. The van der Waals surface area contributed by atoms with Gasteiger partial charge in [0, 0.05) is 5.69 Å². The molecule has 0 saturated carbocycles. The van der Waals surface area contributed by atoms with Crippen molar-refractivity contribution < 1.29 is 4.79 Å². The minimum Gasteiger partial charge on any atom is -0.320 e. The molecule has 1 amide bonds. The van der Waals surface area contributed by atoms with E-state index in [0.29, 0.717) is 10.8 Å². The fourth-order valence-corrected chi connectivity index (χ4v) is 1.92. The third-order valence-electron chi connectivity index (χ3n) is 2.20. The van der Waals surface area contributed by atoms with E-state index in [9.17, 15) is 9.59 Å². The number of hydrogen-bond acceptors (Lipinski definition) is 5. The van der Waals surface area contributed by atoms with Crippen molar-refractivity contribution in [2.45, 2.75) is 12.1 Å². The molecule has 98 valence electrons. The number of para-hydroxylation sites is 1. The highest BCUT2D eigenvalue weighted by molar-refractivity contribution is 7.99. The molecule has 0 aliphatic carbocycles. The minimum absolute atomic E-state index is 0.246. The maximum Gasteiger partial charge on any atom is 0.283 e. The molecule has 0 unspecified atom stereocenters. The Kier molecular flexibility index (Phi) is 4.30. The quantitative estimate of drug-likeness (QED) is 0.827. The third kappa shape index (κ3) is 3.41. The van der Waals surface area contributed by atoms with Crippen LogP contribution in [0, 0.1) is 0 Å². The molecular weight excluding hydrogens is 264 g/mol. The van der Waals surface area contributed by atoms with Crippen LogP contribution in [0.15, 0.2) is 40.3 Å². The molecule has 0 fully saturated rings. The molecular formula is C12H12N4O2S. The smallest absolute Gasteiger partial charge is 0.283 e. The van der Waals surface area contributed by atoms with Gasteiger partial charge >= 0.3 is 0 Å². The third-order valence-corrected chi connectivity index (χ3v) is 2.95. The van der Waals surface area contributed by atoms with Crippen LogP contribution in [-0.2, 0) is 0 Å². The van der Waals surface area contributed by atoms with E-state index in [1.807, 2.05) is 13.0 Å². The summed E-state index contributed by atoms with van der Waals surface area (Å²) >= 11 is 1.35. The van der Waals surface area contributed by atoms with Crippen LogP contribution in [0.2, 0.25) is 0 Å². The summed E-state index contributed by atoms with van der Waals surface area (Å²) in [6.07, 6.45) is 0. The van der Waals surface area contributed by atoms with E-state index in [-0.39, 0.29) is 5.69 Å². The molecule has 1 aromatic heterocycles. The molecule has 1 aromatic carbocycles. The molecule has 0 spiro atoms. The number of aromatic amines is 1. The first-order valence-electron chi connectivity index (χ1n) is 5.67. The number of amides is 1. The Morgan fingerprint density at radius 3 is 2.68 bits per heavy atom. The van der Waals surface area contributed by atoms with Gasteiger partial charge in [-0.25, -0.2) is 0 Å². The lowest BCUT2D eigenvalue weighted by Gasteiger charge is -2.03. The largest absolute Gasteiger partial charge is 0.320 e. The lowest BCUT2D eigenvalue weighted by molar-refractivity contribution is 0.101. The highest BCUT2D eigenvalue weighted by Crippen LogP contribution is 2.09. The summed E-state index contributed by atoms with van der Waals surface area (Å²) in [6, 6.07) is 8.85. The number of hydrogen-bond donors (Lipinski definition) is 2. The van der Waals surface area contributed by atoms with E-state index in [2.05, 4.69) is 20.5 Å². The van der Waals surface area contributed by atoms with Crippen molar-refractivity contribution in [2.75, 3.05) is 11.1 Å². The van der Waals surface area contributed by atoms with Gasteiger partial charge in [-0.2, -0.15) is 0 Å². The number of carbonyl (C=O) groups is 1. The van der Waals surface area contributed by atoms with Crippen molar-refractivity contribution in [3.8, 4) is 0 Å². The summed E-state index contributed by atoms with van der Waals surface area (Å²) in [5.74, 6) is 0.188. The Bertz CT molecular complexity index is 627. The molecule has 2 aromatic rings. The molecule has 0 atom stereocenters. The zero-order valence-electron chi connectivity index (χ0n) is 10.2. The van der Waals surface area contributed by atoms with Crippen molar-refractivity contribution in [2.24, 2.45) is 0 Å². The number of H-pyrrole nitrogens is 1. The summed E-state index contributed by atoms with van der Waals surface area (Å²) in [4.78, 5) is 26.1. The molecule has 2 N–H and O–H groups in total. The van der Waals surface area contributed by atoms with Crippen molar-refractivity contribution in [1.82, 2.24) is 15.2 Å². The van der Waals surface area contributed by atoms with E-state index in [4.69, 9.17) is 0 Å². The monoisotopic (exact) mass is 276 g/mol. The summed E-state index contributed by atoms with van der Waals surface area (Å²) < 4.78 is 0. The van der Waals surface area contributed by atoms with Gasteiger partial charge in [-0.05, 0) is 17.9 Å². The number of nitrogens with one attached hydrogen (secondary N) is 2. The standard InChI is InChI=1S/C12H12N4O2S/c1-2-19-12-14-11(18)9(15-16-12)10(17)13-8-6-4-3-5-7-8/h3-7H,2H2,1H3,(H,13,17)(H,14,16,18). The Balaban J connectivity index is 2.18. The average molecular weight is 276 g/mol. The summed E-state index contributed by atoms with van der Waals surface area (Å²) in [7, 11) is 0. The Morgan fingerprint density at radius 1 is 1.32 bits per heavy atom. The van der Waals surface area contributed by atoms with Gasteiger partial charge < -0.3 is 5.32 Å². The van der Waals surface area contributed by atoms with E-state index in [1.165, 1.54) is 11.8 Å². The number of benzene rings is 1. The van der Waals surface area contributed by atoms with E-state index in [0.717, 1.165) is 5.75 Å². The molecule has 2 rings (SSSR count).